The summed E-state index contributed by atoms with van der Waals surface area (Å²) in [6.07, 6.45) is 4.38. The maximum atomic E-state index is 2.32. The number of hydrogen-bond donors (Lipinski definition) is 0. The maximum Gasteiger partial charge on any atom is 0.0777 e. The van der Waals surface area contributed by atoms with Gasteiger partial charge in [0, 0.05) is 68.7 Å². The predicted octanol–water partition coefficient (Wildman–Crippen LogP) is 15.8. The molecule has 0 aliphatic carbocycles. The average Bonchev–Trinajstić information content (AvgIpc) is 3.99. The minimum atomic E-state index is 1.09. The molecule has 0 unspecified atom stereocenters. The van der Waals surface area contributed by atoms with Gasteiger partial charge in [-0.2, -0.15) is 0 Å². The largest absolute Gasteiger partial charge is 0.315 e. The summed E-state index contributed by atoms with van der Waals surface area (Å²) >= 11 is 0. The van der Waals surface area contributed by atoms with Gasteiger partial charge in [-0.1, -0.05) is 133 Å². The van der Waals surface area contributed by atoms with Gasteiger partial charge in [0.15, 0.2) is 0 Å². The molecule has 0 radical (unpaired) electrons. The Morgan fingerprint density at radius 2 is 0.500 bits per heavy atom. The standard InChI is InChI=1S/C58H42N4/c1-5-13-43(14-6-1)45-23-27-53(28-24-45)61(51-17-9-3-10-18-51)55-35-31-49(32-36-55)59-41-39-47-21-22-48-40-42-60(58(48)57(47)59)50-33-37-56(38-34-50)62(52-19-11-4-12-20-52)54-29-25-46(26-30-54)44-15-7-2-8-16-44/h1-42H. The quantitative estimate of drug-likeness (QED) is 0.137. The zero-order valence-corrected chi connectivity index (χ0v) is 34.0. The molecule has 0 fully saturated rings. The fourth-order valence-electron chi connectivity index (χ4n) is 8.72. The van der Waals surface area contributed by atoms with E-state index in [1.54, 1.807) is 0 Å². The van der Waals surface area contributed by atoms with Crippen molar-refractivity contribution in [3.8, 4) is 33.6 Å². The summed E-state index contributed by atoms with van der Waals surface area (Å²) in [6, 6.07) is 86.6. The van der Waals surface area contributed by atoms with E-state index < -0.39 is 0 Å². The SMILES string of the molecule is c1ccc(-c2ccc(N(c3ccccc3)c3ccc(-n4ccc5ccc6ccn(-c7ccc(N(c8ccccc8)c8ccc(-c9ccccc9)cc8)cc7)c6c54)cc3)cc2)cc1. The van der Waals surface area contributed by atoms with E-state index in [-0.39, 0.29) is 0 Å². The summed E-state index contributed by atoms with van der Waals surface area (Å²) in [7, 11) is 0. The summed E-state index contributed by atoms with van der Waals surface area (Å²) in [4.78, 5) is 4.63. The van der Waals surface area contributed by atoms with Gasteiger partial charge < -0.3 is 18.9 Å². The van der Waals surface area contributed by atoms with Crippen LogP contribution in [0.5, 0.6) is 0 Å². The molecule has 0 aliphatic heterocycles. The van der Waals surface area contributed by atoms with E-state index in [2.05, 4.69) is 274 Å². The summed E-state index contributed by atoms with van der Waals surface area (Å²) in [5, 5.41) is 2.38. The minimum Gasteiger partial charge on any atom is -0.315 e. The second-order valence-corrected chi connectivity index (χ2v) is 15.5. The van der Waals surface area contributed by atoms with Crippen molar-refractivity contribution in [1.82, 2.24) is 9.13 Å². The topological polar surface area (TPSA) is 16.3 Å². The Hall–Kier alpha value is -8.34. The highest BCUT2D eigenvalue weighted by Crippen LogP contribution is 2.39. The lowest BCUT2D eigenvalue weighted by molar-refractivity contribution is 1.10. The first kappa shape index (κ1) is 36.7. The number of hydrogen-bond acceptors (Lipinski definition) is 2. The third-order valence-corrected chi connectivity index (χ3v) is 11.8. The first-order valence-corrected chi connectivity index (χ1v) is 21.1. The molecule has 2 heterocycles. The molecule has 11 aromatic rings. The number of rotatable bonds is 10. The van der Waals surface area contributed by atoms with Gasteiger partial charge in [-0.15, -0.1) is 0 Å². The van der Waals surface area contributed by atoms with Crippen molar-refractivity contribution in [1.29, 1.82) is 0 Å². The molecule has 0 N–H and O–H groups in total. The van der Waals surface area contributed by atoms with Crippen LogP contribution < -0.4 is 9.80 Å². The molecule has 0 atom stereocenters. The molecule has 9 aromatic carbocycles. The Bertz CT molecular complexity index is 3000. The summed E-state index contributed by atoms with van der Waals surface area (Å²) in [5.74, 6) is 0. The molecular weight excluding hydrogens is 753 g/mol. The van der Waals surface area contributed by atoms with Gasteiger partial charge in [-0.25, -0.2) is 0 Å². The molecule has 0 saturated carbocycles. The molecule has 4 nitrogen and oxygen atoms in total. The molecule has 0 aliphatic rings. The highest BCUT2D eigenvalue weighted by atomic mass is 15.1. The molecule has 294 valence electrons. The van der Waals surface area contributed by atoms with E-state index in [1.807, 2.05) is 0 Å². The lowest BCUT2D eigenvalue weighted by atomic mass is 10.0. The molecule has 4 heteroatoms. The lowest BCUT2D eigenvalue weighted by Gasteiger charge is -2.26. The lowest BCUT2D eigenvalue weighted by Crippen LogP contribution is -2.10. The Labute approximate surface area is 362 Å². The van der Waals surface area contributed by atoms with E-state index in [1.165, 1.54) is 44.1 Å². The maximum absolute atomic E-state index is 2.32. The van der Waals surface area contributed by atoms with Crippen LogP contribution in [0.3, 0.4) is 0 Å². The first-order valence-electron chi connectivity index (χ1n) is 21.1. The fourth-order valence-corrected chi connectivity index (χ4v) is 8.72. The van der Waals surface area contributed by atoms with Crippen molar-refractivity contribution in [2.24, 2.45) is 0 Å². The van der Waals surface area contributed by atoms with E-state index in [0.717, 1.165) is 45.5 Å². The van der Waals surface area contributed by atoms with Crippen LogP contribution in [-0.2, 0) is 0 Å². The summed E-state index contributed by atoms with van der Waals surface area (Å²) in [6.45, 7) is 0. The number of para-hydroxylation sites is 2. The number of anilines is 6. The number of fused-ring (bicyclic) bond motifs is 3. The highest BCUT2D eigenvalue weighted by Gasteiger charge is 2.17. The van der Waals surface area contributed by atoms with Crippen molar-refractivity contribution in [3.05, 3.63) is 255 Å². The third kappa shape index (κ3) is 6.90. The van der Waals surface area contributed by atoms with Crippen molar-refractivity contribution in [2.75, 3.05) is 9.80 Å². The van der Waals surface area contributed by atoms with Crippen molar-refractivity contribution >= 4 is 55.9 Å². The number of aromatic nitrogens is 2. The van der Waals surface area contributed by atoms with Crippen LogP contribution in [0.2, 0.25) is 0 Å². The molecule has 0 saturated heterocycles. The van der Waals surface area contributed by atoms with Crippen LogP contribution >= 0.6 is 0 Å². The van der Waals surface area contributed by atoms with Crippen LogP contribution in [0.4, 0.5) is 34.1 Å². The molecule has 0 amide bonds. The smallest absolute Gasteiger partial charge is 0.0777 e. The Kier molecular flexibility index (Phi) is 9.49. The predicted molar refractivity (Wildman–Crippen MR) is 260 cm³/mol. The van der Waals surface area contributed by atoms with Crippen molar-refractivity contribution in [2.45, 2.75) is 0 Å². The van der Waals surface area contributed by atoms with Gasteiger partial charge >= 0.3 is 0 Å². The second kappa shape index (κ2) is 16.0. The number of benzene rings is 9. The summed E-state index contributed by atoms with van der Waals surface area (Å²) in [5.41, 5.74) is 16.0. The Morgan fingerprint density at radius 1 is 0.226 bits per heavy atom. The highest BCUT2D eigenvalue weighted by molar-refractivity contribution is 6.06. The molecule has 0 bridgehead atoms. The van der Waals surface area contributed by atoms with E-state index in [0.29, 0.717) is 0 Å². The minimum absolute atomic E-state index is 1.09. The van der Waals surface area contributed by atoms with Crippen LogP contribution in [0, 0.1) is 0 Å². The first-order chi connectivity index (χ1) is 30.7. The third-order valence-electron chi connectivity index (χ3n) is 11.8. The normalized spacial score (nSPS) is 11.2. The molecule has 62 heavy (non-hydrogen) atoms. The average molecular weight is 795 g/mol. The van der Waals surface area contributed by atoms with Crippen LogP contribution in [0.25, 0.3) is 55.4 Å². The molecule has 2 aromatic heterocycles. The van der Waals surface area contributed by atoms with Crippen LogP contribution in [0.1, 0.15) is 0 Å². The zero-order valence-electron chi connectivity index (χ0n) is 34.0. The van der Waals surface area contributed by atoms with E-state index in [9.17, 15) is 0 Å². The van der Waals surface area contributed by atoms with Gasteiger partial charge in [-0.05, 0) is 131 Å². The van der Waals surface area contributed by atoms with Crippen molar-refractivity contribution in [3.63, 3.8) is 0 Å². The molecule has 0 spiro atoms. The van der Waals surface area contributed by atoms with Crippen molar-refractivity contribution < 1.29 is 0 Å². The van der Waals surface area contributed by atoms with Gasteiger partial charge in [0.25, 0.3) is 0 Å². The van der Waals surface area contributed by atoms with Crippen LogP contribution in [0.15, 0.2) is 255 Å². The van der Waals surface area contributed by atoms with Crippen LogP contribution in [-0.4, -0.2) is 9.13 Å². The van der Waals surface area contributed by atoms with Gasteiger partial charge in [0.1, 0.15) is 0 Å². The Morgan fingerprint density at radius 3 is 0.839 bits per heavy atom. The van der Waals surface area contributed by atoms with Gasteiger partial charge in [-0.3, -0.25) is 0 Å². The second-order valence-electron chi connectivity index (χ2n) is 15.5. The monoisotopic (exact) mass is 794 g/mol. The Balaban J connectivity index is 0.934. The van der Waals surface area contributed by atoms with E-state index >= 15 is 0 Å². The van der Waals surface area contributed by atoms with E-state index in [4.69, 9.17) is 0 Å². The molecule has 11 rings (SSSR count). The summed E-state index contributed by atoms with van der Waals surface area (Å²) < 4.78 is 4.65. The molecular formula is C58H42N4. The zero-order chi connectivity index (χ0) is 41.2. The fraction of sp³-hybridized carbons (Fsp3) is 0. The number of nitrogens with zero attached hydrogens (tertiary/aromatic N) is 4. The van der Waals surface area contributed by atoms with Gasteiger partial charge in [0.05, 0.1) is 11.0 Å². The van der Waals surface area contributed by atoms with Gasteiger partial charge in [0.2, 0.25) is 0 Å².